The second kappa shape index (κ2) is 8.69. The zero-order valence-electron chi connectivity index (χ0n) is 12.6. The molecule has 0 saturated carbocycles. The van der Waals surface area contributed by atoms with E-state index in [2.05, 4.69) is 41.1 Å². The number of nitrogens with one attached hydrogen (secondary N) is 1. The molecule has 1 aromatic rings. The van der Waals surface area contributed by atoms with Gasteiger partial charge in [-0.15, -0.1) is 0 Å². The number of hydrogen-bond donors (Lipinski definition) is 1. The third-order valence-electron chi connectivity index (χ3n) is 2.88. The zero-order chi connectivity index (χ0) is 14.1. The van der Waals surface area contributed by atoms with Gasteiger partial charge >= 0.3 is 0 Å². The van der Waals surface area contributed by atoms with Crippen LogP contribution in [0.5, 0.6) is 0 Å². The molecule has 0 unspecified atom stereocenters. The summed E-state index contributed by atoms with van der Waals surface area (Å²) in [4.78, 5) is 11.1. The van der Waals surface area contributed by atoms with E-state index in [0.29, 0.717) is 6.61 Å². The standard InChI is InChI=1S/C14H26N4O/c1-5-7-8-9-18(3)14-10-12(15-6-2)16-13(17-14)11-19-4/h10H,5-9,11H2,1-4H3,(H,15,16,17). The lowest BCUT2D eigenvalue weighted by atomic mass is 10.2. The van der Waals surface area contributed by atoms with Crippen LogP contribution in [-0.4, -0.2) is 37.2 Å². The molecule has 0 amide bonds. The number of hydrogen-bond acceptors (Lipinski definition) is 5. The quantitative estimate of drug-likeness (QED) is 0.696. The van der Waals surface area contributed by atoms with Crippen molar-refractivity contribution in [2.45, 2.75) is 39.7 Å². The molecule has 1 heterocycles. The van der Waals surface area contributed by atoms with Crippen LogP contribution in [0.1, 0.15) is 38.9 Å². The third kappa shape index (κ3) is 5.42. The Kier molecular flexibility index (Phi) is 7.18. The fourth-order valence-electron chi connectivity index (χ4n) is 1.86. The van der Waals surface area contributed by atoms with Crippen molar-refractivity contribution in [3.63, 3.8) is 0 Å². The van der Waals surface area contributed by atoms with Crippen molar-refractivity contribution in [2.24, 2.45) is 0 Å². The first kappa shape index (κ1) is 15.7. The van der Waals surface area contributed by atoms with Crippen LogP contribution in [0.15, 0.2) is 6.07 Å². The second-order valence-corrected chi connectivity index (χ2v) is 4.62. The summed E-state index contributed by atoms with van der Waals surface area (Å²) in [5.74, 6) is 2.54. The first-order chi connectivity index (χ1) is 9.21. The highest BCUT2D eigenvalue weighted by Crippen LogP contribution is 2.16. The first-order valence-corrected chi connectivity index (χ1v) is 7.03. The number of rotatable bonds is 9. The smallest absolute Gasteiger partial charge is 0.158 e. The molecule has 0 aliphatic heterocycles. The molecule has 108 valence electrons. The number of unbranched alkanes of at least 4 members (excludes halogenated alkanes) is 2. The SMILES string of the molecule is CCCCCN(C)c1cc(NCC)nc(COC)n1. The zero-order valence-corrected chi connectivity index (χ0v) is 12.6. The maximum Gasteiger partial charge on any atom is 0.158 e. The Balaban J connectivity index is 2.78. The van der Waals surface area contributed by atoms with Crippen LogP contribution >= 0.6 is 0 Å². The van der Waals surface area contributed by atoms with Crippen LogP contribution in [0.25, 0.3) is 0 Å². The summed E-state index contributed by atoms with van der Waals surface area (Å²) >= 11 is 0. The van der Waals surface area contributed by atoms with Crippen LogP contribution in [-0.2, 0) is 11.3 Å². The lowest BCUT2D eigenvalue weighted by Gasteiger charge is -2.19. The minimum Gasteiger partial charge on any atom is -0.377 e. The van der Waals surface area contributed by atoms with E-state index in [9.17, 15) is 0 Å². The van der Waals surface area contributed by atoms with Gasteiger partial charge in [-0.05, 0) is 13.3 Å². The molecule has 1 aromatic heterocycles. The van der Waals surface area contributed by atoms with Gasteiger partial charge in [-0.25, -0.2) is 9.97 Å². The van der Waals surface area contributed by atoms with E-state index in [0.717, 1.165) is 30.5 Å². The molecule has 0 saturated heterocycles. The maximum atomic E-state index is 5.12. The predicted octanol–water partition coefficient (Wildman–Crippen LogP) is 2.68. The summed E-state index contributed by atoms with van der Waals surface area (Å²) in [5.41, 5.74) is 0. The van der Waals surface area contributed by atoms with Crippen LogP contribution in [0.2, 0.25) is 0 Å². The van der Waals surface area contributed by atoms with Crippen molar-refractivity contribution in [3.8, 4) is 0 Å². The number of aromatic nitrogens is 2. The Labute approximate surface area is 116 Å². The number of ether oxygens (including phenoxy) is 1. The first-order valence-electron chi connectivity index (χ1n) is 7.03. The van der Waals surface area contributed by atoms with Crippen molar-refractivity contribution < 1.29 is 4.74 Å². The van der Waals surface area contributed by atoms with Gasteiger partial charge in [0.25, 0.3) is 0 Å². The molecule has 0 aliphatic rings. The summed E-state index contributed by atoms with van der Waals surface area (Å²) in [6.07, 6.45) is 3.67. The van der Waals surface area contributed by atoms with Gasteiger partial charge < -0.3 is 15.0 Å². The molecule has 1 rings (SSSR count). The van der Waals surface area contributed by atoms with Crippen LogP contribution in [0.3, 0.4) is 0 Å². The topological polar surface area (TPSA) is 50.3 Å². The van der Waals surface area contributed by atoms with Crippen molar-refractivity contribution in [1.29, 1.82) is 0 Å². The van der Waals surface area contributed by atoms with Gasteiger partial charge in [0, 0.05) is 33.3 Å². The summed E-state index contributed by atoms with van der Waals surface area (Å²) in [7, 11) is 3.73. The largest absolute Gasteiger partial charge is 0.377 e. The average molecular weight is 266 g/mol. The summed E-state index contributed by atoms with van der Waals surface area (Å²) in [6, 6.07) is 1.99. The molecule has 19 heavy (non-hydrogen) atoms. The maximum absolute atomic E-state index is 5.12. The summed E-state index contributed by atoms with van der Waals surface area (Å²) in [6.45, 7) is 6.58. The second-order valence-electron chi connectivity index (χ2n) is 4.62. The lowest BCUT2D eigenvalue weighted by molar-refractivity contribution is 0.178. The summed E-state index contributed by atoms with van der Waals surface area (Å²) < 4.78 is 5.12. The van der Waals surface area contributed by atoms with E-state index in [-0.39, 0.29) is 0 Å². The summed E-state index contributed by atoms with van der Waals surface area (Å²) in [5, 5.41) is 3.24. The van der Waals surface area contributed by atoms with Crippen LogP contribution in [0, 0.1) is 0 Å². The highest BCUT2D eigenvalue weighted by atomic mass is 16.5. The predicted molar refractivity (Wildman–Crippen MR) is 79.7 cm³/mol. The van der Waals surface area contributed by atoms with E-state index in [1.807, 2.05) is 6.07 Å². The monoisotopic (exact) mass is 266 g/mol. The highest BCUT2D eigenvalue weighted by molar-refractivity contribution is 5.48. The van der Waals surface area contributed by atoms with Gasteiger partial charge in [0.2, 0.25) is 0 Å². The number of methoxy groups -OCH3 is 1. The Morgan fingerprint density at radius 2 is 2.05 bits per heavy atom. The lowest BCUT2D eigenvalue weighted by Crippen LogP contribution is -2.21. The molecule has 0 aromatic carbocycles. The number of anilines is 2. The van der Waals surface area contributed by atoms with Crippen molar-refractivity contribution >= 4 is 11.6 Å². The van der Waals surface area contributed by atoms with Crippen LogP contribution < -0.4 is 10.2 Å². The molecule has 5 nitrogen and oxygen atoms in total. The van der Waals surface area contributed by atoms with Gasteiger partial charge in [-0.1, -0.05) is 19.8 Å². The molecular weight excluding hydrogens is 240 g/mol. The fraction of sp³-hybridized carbons (Fsp3) is 0.714. The van der Waals surface area contributed by atoms with Crippen molar-refractivity contribution in [3.05, 3.63) is 11.9 Å². The van der Waals surface area contributed by atoms with Gasteiger partial charge in [0.15, 0.2) is 5.82 Å². The van der Waals surface area contributed by atoms with Crippen molar-refractivity contribution in [1.82, 2.24) is 9.97 Å². The molecule has 5 heteroatoms. The van der Waals surface area contributed by atoms with E-state index in [4.69, 9.17) is 4.74 Å². The number of nitrogens with zero attached hydrogens (tertiary/aromatic N) is 3. The molecule has 1 N–H and O–H groups in total. The molecule has 0 spiro atoms. The van der Waals surface area contributed by atoms with E-state index < -0.39 is 0 Å². The Morgan fingerprint density at radius 1 is 1.26 bits per heavy atom. The Bertz CT molecular complexity index is 346. The Morgan fingerprint density at radius 3 is 2.68 bits per heavy atom. The molecular formula is C14H26N4O. The normalized spacial score (nSPS) is 10.5. The van der Waals surface area contributed by atoms with Gasteiger partial charge in [-0.3, -0.25) is 0 Å². The van der Waals surface area contributed by atoms with Crippen LogP contribution in [0.4, 0.5) is 11.6 Å². The third-order valence-corrected chi connectivity index (χ3v) is 2.88. The van der Waals surface area contributed by atoms with Gasteiger partial charge in [0.1, 0.15) is 18.2 Å². The van der Waals surface area contributed by atoms with E-state index in [1.54, 1.807) is 7.11 Å². The molecule has 0 radical (unpaired) electrons. The van der Waals surface area contributed by atoms with Gasteiger partial charge in [-0.2, -0.15) is 0 Å². The van der Waals surface area contributed by atoms with Gasteiger partial charge in [0.05, 0.1) is 0 Å². The van der Waals surface area contributed by atoms with E-state index in [1.165, 1.54) is 19.3 Å². The van der Waals surface area contributed by atoms with Crippen molar-refractivity contribution in [2.75, 3.05) is 37.5 Å². The minimum absolute atomic E-state index is 0.440. The van der Waals surface area contributed by atoms with E-state index >= 15 is 0 Å². The highest BCUT2D eigenvalue weighted by Gasteiger charge is 2.08. The molecule has 0 aliphatic carbocycles. The molecule has 0 atom stereocenters. The average Bonchev–Trinajstić information content (AvgIpc) is 2.39. The minimum atomic E-state index is 0.440. The molecule has 0 bridgehead atoms. The Hall–Kier alpha value is -1.36. The molecule has 0 fully saturated rings. The fourth-order valence-corrected chi connectivity index (χ4v) is 1.86.